The number of carbonyl (C=O) groups is 1. The second-order valence-electron chi connectivity index (χ2n) is 3.29. The Morgan fingerprint density at radius 1 is 1.69 bits per heavy atom. The van der Waals surface area contributed by atoms with E-state index in [1.54, 1.807) is 0 Å². The van der Waals surface area contributed by atoms with Crippen LogP contribution in [-0.2, 0) is 14.3 Å². The fraction of sp³-hybridized carbons (Fsp3) is 0.889. The molecule has 1 rings (SSSR count). The van der Waals surface area contributed by atoms with Gasteiger partial charge in [-0.2, -0.15) is 0 Å². The average molecular weight is 187 g/mol. The van der Waals surface area contributed by atoms with Crippen LogP contribution in [0.4, 0.5) is 0 Å². The Hall–Kier alpha value is -0.610. The average Bonchev–Trinajstić information content (AvgIpc) is 2.19. The molecule has 1 aliphatic rings. The Kier molecular flexibility index (Phi) is 4.78. The monoisotopic (exact) mass is 187 g/mol. The second-order valence-corrected chi connectivity index (χ2v) is 3.29. The zero-order valence-corrected chi connectivity index (χ0v) is 8.04. The summed E-state index contributed by atoms with van der Waals surface area (Å²) in [6.07, 6.45) is 2.32. The van der Waals surface area contributed by atoms with E-state index in [0.717, 1.165) is 26.2 Å². The van der Waals surface area contributed by atoms with E-state index in [2.05, 4.69) is 10.1 Å². The molecule has 1 atom stereocenters. The standard InChI is InChI=1S/C9H17NO3/c1-12-9(11)6-10-5-8-3-2-4-13-7-8/h8,10H,2-7H2,1H3. The summed E-state index contributed by atoms with van der Waals surface area (Å²) in [5.74, 6) is 0.343. The summed E-state index contributed by atoms with van der Waals surface area (Å²) in [6, 6.07) is 0. The molecule has 0 bridgehead atoms. The molecule has 1 saturated heterocycles. The fourth-order valence-electron chi connectivity index (χ4n) is 1.42. The van der Waals surface area contributed by atoms with Crippen LogP contribution in [0.5, 0.6) is 0 Å². The molecule has 0 aromatic carbocycles. The van der Waals surface area contributed by atoms with Crippen LogP contribution in [0.15, 0.2) is 0 Å². The van der Waals surface area contributed by atoms with E-state index >= 15 is 0 Å². The first kappa shape index (κ1) is 10.5. The molecule has 4 nitrogen and oxygen atoms in total. The van der Waals surface area contributed by atoms with E-state index in [-0.39, 0.29) is 5.97 Å². The zero-order chi connectivity index (χ0) is 9.52. The maximum atomic E-state index is 10.7. The smallest absolute Gasteiger partial charge is 0.319 e. The summed E-state index contributed by atoms with van der Waals surface area (Å²) in [7, 11) is 1.40. The molecule has 0 saturated carbocycles. The van der Waals surface area contributed by atoms with Crippen molar-refractivity contribution < 1.29 is 14.3 Å². The minimum atomic E-state index is -0.211. The first-order chi connectivity index (χ1) is 6.33. The Labute approximate surface area is 78.6 Å². The van der Waals surface area contributed by atoms with Crippen molar-refractivity contribution in [2.24, 2.45) is 5.92 Å². The lowest BCUT2D eigenvalue weighted by molar-refractivity contribution is -0.139. The minimum Gasteiger partial charge on any atom is -0.468 e. The lowest BCUT2D eigenvalue weighted by Gasteiger charge is -2.21. The maximum Gasteiger partial charge on any atom is 0.319 e. The van der Waals surface area contributed by atoms with Gasteiger partial charge in [-0.1, -0.05) is 0 Å². The third kappa shape index (κ3) is 4.24. The summed E-state index contributed by atoms with van der Waals surface area (Å²) < 4.78 is 9.82. The number of carbonyl (C=O) groups excluding carboxylic acids is 1. The molecule has 0 amide bonds. The second kappa shape index (κ2) is 5.94. The third-order valence-electron chi connectivity index (χ3n) is 2.18. The van der Waals surface area contributed by atoms with Gasteiger partial charge in [0.2, 0.25) is 0 Å². The highest BCUT2D eigenvalue weighted by Crippen LogP contribution is 2.11. The number of methoxy groups -OCH3 is 1. The van der Waals surface area contributed by atoms with E-state index < -0.39 is 0 Å². The van der Waals surface area contributed by atoms with Crippen molar-refractivity contribution >= 4 is 5.97 Å². The van der Waals surface area contributed by atoms with Crippen LogP contribution in [0.25, 0.3) is 0 Å². The lowest BCUT2D eigenvalue weighted by atomic mass is 10.0. The van der Waals surface area contributed by atoms with Crippen molar-refractivity contribution in [2.75, 3.05) is 33.4 Å². The van der Waals surface area contributed by atoms with E-state index in [0.29, 0.717) is 12.5 Å². The van der Waals surface area contributed by atoms with Gasteiger partial charge >= 0.3 is 5.97 Å². The van der Waals surface area contributed by atoms with Crippen molar-refractivity contribution in [3.63, 3.8) is 0 Å². The van der Waals surface area contributed by atoms with Crippen molar-refractivity contribution in [3.05, 3.63) is 0 Å². The maximum absolute atomic E-state index is 10.7. The van der Waals surface area contributed by atoms with Crippen LogP contribution < -0.4 is 5.32 Å². The van der Waals surface area contributed by atoms with Crippen molar-refractivity contribution in [1.82, 2.24) is 5.32 Å². The topological polar surface area (TPSA) is 47.6 Å². The molecule has 13 heavy (non-hydrogen) atoms. The summed E-state index contributed by atoms with van der Waals surface area (Å²) in [6.45, 7) is 2.84. The molecule has 0 aliphatic carbocycles. The van der Waals surface area contributed by atoms with E-state index in [9.17, 15) is 4.79 Å². The van der Waals surface area contributed by atoms with Crippen LogP contribution in [0, 0.1) is 5.92 Å². The number of esters is 1. The van der Waals surface area contributed by atoms with E-state index in [4.69, 9.17) is 4.74 Å². The molecule has 4 heteroatoms. The van der Waals surface area contributed by atoms with Gasteiger partial charge in [-0.15, -0.1) is 0 Å². The van der Waals surface area contributed by atoms with Gasteiger partial charge in [0.05, 0.1) is 20.3 Å². The zero-order valence-electron chi connectivity index (χ0n) is 8.04. The highest BCUT2D eigenvalue weighted by atomic mass is 16.5. The van der Waals surface area contributed by atoms with Gasteiger partial charge < -0.3 is 14.8 Å². The first-order valence-electron chi connectivity index (χ1n) is 4.68. The molecule has 1 aliphatic heterocycles. The molecular weight excluding hydrogens is 170 g/mol. The van der Waals surface area contributed by atoms with Crippen LogP contribution in [0.3, 0.4) is 0 Å². The van der Waals surface area contributed by atoms with Crippen LogP contribution in [0.1, 0.15) is 12.8 Å². The number of nitrogens with one attached hydrogen (secondary N) is 1. The van der Waals surface area contributed by atoms with Gasteiger partial charge in [-0.05, 0) is 18.8 Å². The number of hydrogen-bond donors (Lipinski definition) is 1. The number of ether oxygens (including phenoxy) is 2. The van der Waals surface area contributed by atoms with Crippen molar-refractivity contribution in [1.29, 1.82) is 0 Å². The summed E-state index contributed by atoms with van der Waals surface area (Å²) >= 11 is 0. The molecule has 1 fully saturated rings. The molecular formula is C9H17NO3. The highest BCUT2D eigenvalue weighted by Gasteiger charge is 2.13. The minimum absolute atomic E-state index is 0.211. The fourth-order valence-corrected chi connectivity index (χ4v) is 1.42. The largest absolute Gasteiger partial charge is 0.468 e. The molecule has 0 aromatic heterocycles. The molecule has 1 unspecified atom stereocenters. The number of hydrogen-bond acceptors (Lipinski definition) is 4. The molecule has 1 heterocycles. The Balaban J connectivity index is 2.01. The summed E-state index contributed by atoms with van der Waals surface area (Å²) in [5.41, 5.74) is 0. The highest BCUT2D eigenvalue weighted by molar-refractivity contribution is 5.71. The normalized spacial score (nSPS) is 22.7. The van der Waals surface area contributed by atoms with Gasteiger partial charge in [0.1, 0.15) is 0 Å². The van der Waals surface area contributed by atoms with Gasteiger partial charge in [0.25, 0.3) is 0 Å². The SMILES string of the molecule is COC(=O)CNCC1CCCOC1. The third-order valence-corrected chi connectivity index (χ3v) is 2.18. The molecule has 0 spiro atoms. The van der Waals surface area contributed by atoms with Crippen LogP contribution in [-0.4, -0.2) is 39.4 Å². The van der Waals surface area contributed by atoms with Crippen LogP contribution in [0.2, 0.25) is 0 Å². The molecule has 1 N–H and O–H groups in total. The van der Waals surface area contributed by atoms with Gasteiger partial charge in [-0.25, -0.2) is 0 Å². The van der Waals surface area contributed by atoms with Gasteiger partial charge in [-0.3, -0.25) is 4.79 Å². The lowest BCUT2D eigenvalue weighted by Crippen LogP contribution is -2.32. The van der Waals surface area contributed by atoms with E-state index in [1.807, 2.05) is 0 Å². The summed E-state index contributed by atoms with van der Waals surface area (Å²) in [5, 5.41) is 3.05. The molecule has 0 aromatic rings. The van der Waals surface area contributed by atoms with Gasteiger partial charge in [0.15, 0.2) is 0 Å². The summed E-state index contributed by atoms with van der Waals surface area (Å²) in [4.78, 5) is 10.7. The van der Waals surface area contributed by atoms with Crippen molar-refractivity contribution in [2.45, 2.75) is 12.8 Å². The van der Waals surface area contributed by atoms with Crippen LogP contribution >= 0.6 is 0 Å². The van der Waals surface area contributed by atoms with E-state index in [1.165, 1.54) is 13.5 Å². The first-order valence-corrected chi connectivity index (χ1v) is 4.68. The molecule has 76 valence electrons. The van der Waals surface area contributed by atoms with Gasteiger partial charge in [0, 0.05) is 13.2 Å². The Bertz CT molecular complexity index is 155. The van der Waals surface area contributed by atoms with Crippen molar-refractivity contribution in [3.8, 4) is 0 Å². The molecule has 0 radical (unpaired) electrons. The Morgan fingerprint density at radius 3 is 3.15 bits per heavy atom. The predicted molar refractivity (Wildman–Crippen MR) is 48.4 cm³/mol. The predicted octanol–water partition coefficient (Wildman–Crippen LogP) is 0.176. The number of rotatable bonds is 4. The Morgan fingerprint density at radius 2 is 2.54 bits per heavy atom. The quantitative estimate of drug-likeness (QED) is 0.638.